The topological polar surface area (TPSA) is 0 Å². The summed E-state index contributed by atoms with van der Waals surface area (Å²) in [5, 5.41) is 0. The lowest BCUT2D eigenvalue weighted by Crippen LogP contribution is -2.49. The maximum atomic E-state index is 2.48. The van der Waals surface area contributed by atoms with Gasteiger partial charge in [-0.05, 0) is 42.4 Å². The van der Waals surface area contributed by atoms with Crippen molar-refractivity contribution in [1.29, 1.82) is 0 Å². The Morgan fingerprint density at radius 1 is 1.08 bits per heavy atom. The Kier molecular flexibility index (Phi) is 1.79. The van der Waals surface area contributed by atoms with Crippen LogP contribution in [0, 0.1) is 16.7 Å². The van der Waals surface area contributed by atoms with E-state index in [2.05, 4.69) is 20.8 Å². The zero-order valence-electron chi connectivity index (χ0n) is 8.82. The predicted molar refractivity (Wildman–Crippen MR) is 53.1 cm³/mol. The predicted octanol–water partition coefficient (Wildman–Crippen LogP) is 4.00. The lowest BCUT2D eigenvalue weighted by atomic mass is 9.45. The van der Waals surface area contributed by atoms with Crippen LogP contribution >= 0.6 is 0 Å². The van der Waals surface area contributed by atoms with Crippen molar-refractivity contribution < 1.29 is 0 Å². The van der Waals surface area contributed by atoms with Crippen molar-refractivity contribution in [2.75, 3.05) is 0 Å². The summed E-state index contributed by atoms with van der Waals surface area (Å²) < 4.78 is 0. The maximum absolute atomic E-state index is 2.48. The molecular weight excluding hydrogens is 144 g/mol. The molecule has 0 saturated heterocycles. The third-order valence-corrected chi connectivity index (χ3v) is 4.76. The van der Waals surface area contributed by atoms with Gasteiger partial charge in [-0.15, -0.1) is 0 Å². The van der Waals surface area contributed by atoms with E-state index in [9.17, 15) is 0 Å². The first-order valence-corrected chi connectivity index (χ1v) is 5.56. The van der Waals surface area contributed by atoms with Crippen molar-refractivity contribution in [3.63, 3.8) is 0 Å². The van der Waals surface area contributed by atoms with Gasteiger partial charge in [0.2, 0.25) is 0 Å². The summed E-state index contributed by atoms with van der Waals surface area (Å²) in [5.74, 6) is 0.998. The van der Waals surface area contributed by atoms with Gasteiger partial charge in [0.15, 0.2) is 0 Å². The van der Waals surface area contributed by atoms with Crippen LogP contribution in [0.15, 0.2) is 0 Å². The molecule has 0 aliphatic heterocycles. The summed E-state index contributed by atoms with van der Waals surface area (Å²) in [6, 6.07) is 0. The van der Waals surface area contributed by atoms with Crippen LogP contribution in [0.4, 0.5) is 0 Å². The van der Waals surface area contributed by atoms with Crippen LogP contribution in [0.3, 0.4) is 0 Å². The van der Waals surface area contributed by atoms with Crippen molar-refractivity contribution in [2.45, 2.75) is 59.3 Å². The van der Waals surface area contributed by atoms with Gasteiger partial charge in [0.25, 0.3) is 0 Å². The van der Waals surface area contributed by atoms with Gasteiger partial charge in [0, 0.05) is 0 Å². The first-order chi connectivity index (χ1) is 5.56. The Bertz CT molecular complexity index is 180. The molecule has 0 amide bonds. The SMILES string of the molecule is CC1CCCC2(CCC2(C)C)C1. The molecule has 0 aromatic heterocycles. The monoisotopic (exact) mass is 166 g/mol. The van der Waals surface area contributed by atoms with Gasteiger partial charge in [0.05, 0.1) is 0 Å². The lowest BCUT2D eigenvalue weighted by Gasteiger charge is -2.60. The second-order valence-electron chi connectivity index (χ2n) is 5.87. The summed E-state index contributed by atoms with van der Waals surface area (Å²) in [5.41, 5.74) is 1.44. The fourth-order valence-electron chi connectivity index (χ4n) is 3.48. The highest BCUT2D eigenvalue weighted by Gasteiger charge is 2.53. The van der Waals surface area contributed by atoms with Crippen molar-refractivity contribution >= 4 is 0 Å². The maximum Gasteiger partial charge on any atom is -0.0243 e. The molecule has 2 unspecified atom stereocenters. The number of rotatable bonds is 0. The molecule has 2 aliphatic carbocycles. The highest BCUT2D eigenvalue weighted by molar-refractivity contribution is 5.03. The van der Waals surface area contributed by atoms with E-state index in [1.807, 2.05) is 0 Å². The van der Waals surface area contributed by atoms with E-state index in [0.29, 0.717) is 5.41 Å². The number of hydrogen-bond acceptors (Lipinski definition) is 0. The van der Waals surface area contributed by atoms with Gasteiger partial charge in [-0.3, -0.25) is 0 Å². The number of hydrogen-bond donors (Lipinski definition) is 0. The van der Waals surface area contributed by atoms with Crippen LogP contribution in [0.2, 0.25) is 0 Å². The second kappa shape index (κ2) is 2.49. The highest BCUT2D eigenvalue weighted by atomic mass is 14.6. The molecule has 0 aromatic carbocycles. The molecule has 1 spiro atoms. The van der Waals surface area contributed by atoms with Gasteiger partial charge in [-0.1, -0.05) is 33.6 Å². The van der Waals surface area contributed by atoms with Crippen LogP contribution < -0.4 is 0 Å². The third-order valence-electron chi connectivity index (χ3n) is 4.76. The van der Waals surface area contributed by atoms with Crippen molar-refractivity contribution in [1.82, 2.24) is 0 Å². The molecule has 70 valence electrons. The molecule has 2 saturated carbocycles. The highest BCUT2D eigenvalue weighted by Crippen LogP contribution is 2.64. The Morgan fingerprint density at radius 3 is 2.17 bits per heavy atom. The molecule has 0 N–H and O–H groups in total. The Balaban J connectivity index is 2.10. The summed E-state index contributed by atoms with van der Waals surface area (Å²) >= 11 is 0. The zero-order valence-corrected chi connectivity index (χ0v) is 8.82. The van der Waals surface area contributed by atoms with Gasteiger partial charge >= 0.3 is 0 Å². The molecule has 0 bridgehead atoms. The fourth-order valence-corrected chi connectivity index (χ4v) is 3.48. The van der Waals surface area contributed by atoms with Crippen molar-refractivity contribution in [2.24, 2.45) is 16.7 Å². The Hall–Kier alpha value is 0. The molecule has 0 radical (unpaired) electrons. The molecule has 0 heterocycles. The van der Waals surface area contributed by atoms with Crippen LogP contribution in [0.25, 0.3) is 0 Å². The zero-order chi connectivity index (χ0) is 8.82. The largest absolute Gasteiger partial charge is 0.0625 e. The van der Waals surface area contributed by atoms with Gasteiger partial charge < -0.3 is 0 Å². The van der Waals surface area contributed by atoms with Crippen LogP contribution in [0.1, 0.15) is 59.3 Å². The molecule has 12 heavy (non-hydrogen) atoms. The fraction of sp³-hybridized carbons (Fsp3) is 1.00. The summed E-state index contributed by atoms with van der Waals surface area (Å²) in [6.45, 7) is 7.40. The lowest BCUT2D eigenvalue weighted by molar-refractivity contribution is -0.0928. The minimum absolute atomic E-state index is 0.668. The van der Waals surface area contributed by atoms with Crippen LogP contribution in [-0.2, 0) is 0 Å². The van der Waals surface area contributed by atoms with E-state index in [1.165, 1.54) is 38.5 Å². The summed E-state index contributed by atoms with van der Waals surface area (Å²) in [7, 11) is 0. The molecule has 2 fully saturated rings. The van der Waals surface area contributed by atoms with E-state index in [0.717, 1.165) is 11.3 Å². The molecule has 0 heteroatoms. The standard InChI is InChI=1S/C12H22/c1-10-5-4-6-12(9-10)8-7-11(12,2)3/h10H,4-9H2,1-3H3. The van der Waals surface area contributed by atoms with Crippen LogP contribution in [0.5, 0.6) is 0 Å². The quantitative estimate of drug-likeness (QED) is 0.510. The van der Waals surface area contributed by atoms with E-state index in [-0.39, 0.29) is 0 Å². The molecule has 2 aliphatic rings. The first-order valence-electron chi connectivity index (χ1n) is 5.56. The van der Waals surface area contributed by atoms with E-state index < -0.39 is 0 Å². The Morgan fingerprint density at radius 2 is 1.83 bits per heavy atom. The molecule has 2 rings (SSSR count). The molecule has 2 atom stereocenters. The van der Waals surface area contributed by atoms with E-state index in [4.69, 9.17) is 0 Å². The van der Waals surface area contributed by atoms with Crippen molar-refractivity contribution in [3.8, 4) is 0 Å². The second-order valence-corrected chi connectivity index (χ2v) is 5.87. The summed E-state index contributed by atoms with van der Waals surface area (Å²) in [4.78, 5) is 0. The average Bonchev–Trinajstić information content (AvgIpc) is 2.03. The van der Waals surface area contributed by atoms with Gasteiger partial charge in [-0.2, -0.15) is 0 Å². The van der Waals surface area contributed by atoms with Gasteiger partial charge in [0.1, 0.15) is 0 Å². The molecular formula is C12H22. The van der Waals surface area contributed by atoms with Gasteiger partial charge in [-0.25, -0.2) is 0 Å². The normalized spacial score (nSPS) is 45.8. The smallest absolute Gasteiger partial charge is 0.0243 e. The minimum Gasteiger partial charge on any atom is -0.0625 e. The first kappa shape index (κ1) is 8.59. The van der Waals surface area contributed by atoms with E-state index >= 15 is 0 Å². The third kappa shape index (κ3) is 1.03. The summed E-state index contributed by atoms with van der Waals surface area (Å²) in [6.07, 6.45) is 9.00. The Labute approximate surface area is 76.7 Å². The van der Waals surface area contributed by atoms with Crippen molar-refractivity contribution in [3.05, 3.63) is 0 Å². The van der Waals surface area contributed by atoms with Crippen LogP contribution in [-0.4, -0.2) is 0 Å². The molecule has 0 nitrogen and oxygen atoms in total. The molecule has 0 aromatic rings. The van der Waals surface area contributed by atoms with E-state index in [1.54, 1.807) is 0 Å². The minimum atomic E-state index is 0.668. The average molecular weight is 166 g/mol.